The van der Waals surface area contributed by atoms with Gasteiger partial charge < -0.3 is 27.9 Å². The summed E-state index contributed by atoms with van der Waals surface area (Å²) in [5.41, 5.74) is 0. The standard InChI is InChI=1S/C46H88NO8P/c1-6-8-10-12-14-16-18-20-21-22-23-24-25-27-28-30-32-34-36-38-45(48)52-42-44(43-54-56(50,51)53-41-40-47(3,4)5)55-46(49)39-37-35-33-31-29-26-19-17-15-13-11-9-7-2/h14,16,20-21,44H,6-13,15,17-19,22-43H2,1-5H3/b16-14+,21-20+/t44-/m0/s1. The van der Waals surface area contributed by atoms with Gasteiger partial charge in [-0.1, -0.05) is 173 Å². The van der Waals surface area contributed by atoms with Crippen LogP contribution >= 0.6 is 7.82 Å². The molecule has 0 spiro atoms. The van der Waals surface area contributed by atoms with Crippen LogP contribution in [0.3, 0.4) is 0 Å². The van der Waals surface area contributed by atoms with Gasteiger partial charge in [0, 0.05) is 12.8 Å². The molecule has 0 fully saturated rings. The van der Waals surface area contributed by atoms with E-state index in [9.17, 15) is 19.0 Å². The summed E-state index contributed by atoms with van der Waals surface area (Å²) in [6.45, 7) is 4.21. The number of hydrogen-bond acceptors (Lipinski definition) is 8. The Balaban J connectivity index is 4.28. The van der Waals surface area contributed by atoms with E-state index in [0.29, 0.717) is 17.4 Å². The van der Waals surface area contributed by atoms with Gasteiger partial charge in [0.05, 0.1) is 27.7 Å². The Morgan fingerprint density at radius 1 is 0.554 bits per heavy atom. The summed E-state index contributed by atoms with van der Waals surface area (Å²) in [6.07, 6.45) is 42.0. The number of nitrogens with zero attached hydrogens (tertiary/aromatic N) is 1. The molecule has 0 aromatic carbocycles. The lowest BCUT2D eigenvalue weighted by Gasteiger charge is -2.28. The fourth-order valence-corrected chi connectivity index (χ4v) is 7.06. The Morgan fingerprint density at radius 2 is 0.964 bits per heavy atom. The Labute approximate surface area is 345 Å². The number of quaternary nitrogens is 1. The molecule has 0 aromatic rings. The zero-order chi connectivity index (χ0) is 41.4. The molecule has 0 N–H and O–H groups in total. The third kappa shape index (κ3) is 42.1. The smallest absolute Gasteiger partial charge is 0.306 e. The number of hydrogen-bond donors (Lipinski definition) is 0. The summed E-state index contributed by atoms with van der Waals surface area (Å²) in [7, 11) is 1.17. The first-order valence-corrected chi connectivity index (χ1v) is 24.5. The predicted octanol–water partition coefficient (Wildman–Crippen LogP) is 12.5. The van der Waals surface area contributed by atoms with Crippen molar-refractivity contribution in [1.82, 2.24) is 0 Å². The van der Waals surface area contributed by atoms with Crippen LogP contribution in [0, 0.1) is 0 Å². The zero-order valence-electron chi connectivity index (χ0n) is 37.1. The number of phosphoric acid groups is 1. The number of ether oxygens (including phenoxy) is 2. The number of phosphoric ester groups is 1. The van der Waals surface area contributed by atoms with Gasteiger partial charge in [0.25, 0.3) is 7.82 Å². The second-order valence-electron chi connectivity index (χ2n) is 16.8. The number of likely N-dealkylation sites (N-methyl/N-ethyl adjacent to an activating group) is 1. The van der Waals surface area contributed by atoms with Crippen molar-refractivity contribution in [2.24, 2.45) is 0 Å². The van der Waals surface area contributed by atoms with Gasteiger partial charge in [-0.25, -0.2) is 0 Å². The number of carbonyl (C=O) groups is 2. The van der Waals surface area contributed by atoms with Crippen LogP contribution in [0.1, 0.15) is 206 Å². The fourth-order valence-electron chi connectivity index (χ4n) is 6.33. The average Bonchev–Trinajstić information content (AvgIpc) is 3.15. The van der Waals surface area contributed by atoms with Gasteiger partial charge >= 0.3 is 11.9 Å². The van der Waals surface area contributed by atoms with E-state index >= 15 is 0 Å². The molecule has 9 nitrogen and oxygen atoms in total. The van der Waals surface area contributed by atoms with Crippen molar-refractivity contribution in [3.8, 4) is 0 Å². The molecule has 0 radical (unpaired) electrons. The molecule has 0 amide bonds. The molecule has 0 aliphatic carbocycles. The third-order valence-electron chi connectivity index (χ3n) is 9.97. The van der Waals surface area contributed by atoms with Gasteiger partial charge in [-0.2, -0.15) is 0 Å². The molecule has 56 heavy (non-hydrogen) atoms. The van der Waals surface area contributed by atoms with Gasteiger partial charge in [-0.15, -0.1) is 0 Å². The summed E-state index contributed by atoms with van der Waals surface area (Å²) in [5.74, 6) is -0.832. The van der Waals surface area contributed by atoms with Crippen LogP contribution < -0.4 is 4.89 Å². The Morgan fingerprint density at radius 3 is 1.45 bits per heavy atom. The molecule has 0 saturated carbocycles. The van der Waals surface area contributed by atoms with Crippen LogP contribution in [0.15, 0.2) is 24.3 Å². The molecule has 0 heterocycles. The first-order valence-electron chi connectivity index (χ1n) is 23.0. The Kier molecular flexibility index (Phi) is 37.9. The first-order chi connectivity index (χ1) is 27.0. The topological polar surface area (TPSA) is 111 Å². The summed E-state index contributed by atoms with van der Waals surface area (Å²) in [4.78, 5) is 37.5. The normalized spacial score (nSPS) is 13.8. The van der Waals surface area contributed by atoms with E-state index in [0.717, 1.165) is 38.5 Å². The zero-order valence-corrected chi connectivity index (χ0v) is 38.0. The van der Waals surface area contributed by atoms with E-state index in [-0.39, 0.29) is 32.0 Å². The van der Waals surface area contributed by atoms with Crippen LogP contribution in [0.25, 0.3) is 0 Å². The Hall–Kier alpha value is -1.51. The third-order valence-corrected chi connectivity index (χ3v) is 10.9. The fraction of sp³-hybridized carbons (Fsp3) is 0.870. The minimum Gasteiger partial charge on any atom is -0.756 e. The summed E-state index contributed by atoms with van der Waals surface area (Å²) >= 11 is 0. The van der Waals surface area contributed by atoms with E-state index < -0.39 is 26.5 Å². The molecule has 10 heteroatoms. The van der Waals surface area contributed by atoms with E-state index in [1.807, 2.05) is 21.1 Å². The lowest BCUT2D eigenvalue weighted by Crippen LogP contribution is -2.37. The second kappa shape index (κ2) is 39.0. The number of unbranched alkanes of at least 4 members (excludes halogenated alkanes) is 24. The summed E-state index contributed by atoms with van der Waals surface area (Å²) in [6, 6.07) is 0. The molecular formula is C46H88NO8P. The van der Waals surface area contributed by atoms with Gasteiger partial charge in [0.15, 0.2) is 6.10 Å². The highest BCUT2D eigenvalue weighted by Crippen LogP contribution is 2.38. The average molecular weight is 814 g/mol. The quantitative estimate of drug-likeness (QED) is 0.0197. The number of allylic oxidation sites excluding steroid dienone is 4. The van der Waals surface area contributed by atoms with E-state index in [1.54, 1.807) is 0 Å². The van der Waals surface area contributed by atoms with Crippen LogP contribution in [-0.2, 0) is 32.7 Å². The molecule has 330 valence electrons. The predicted molar refractivity (Wildman–Crippen MR) is 231 cm³/mol. The first kappa shape index (κ1) is 54.5. The van der Waals surface area contributed by atoms with Crippen molar-refractivity contribution in [1.29, 1.82) is 0 Å². The van der Waals surface area contributed by atoms with Crippen molar-refractivity contribution in [2.75, 3.05) is 47.5 Å². The van der Waals surface area contributed by atoms with Gasteiger partial charge in [0.1, 0.15) is 19.8 Å². The molecule has 0 saturated heterocycles. The molecule has 2 atom stereocenters. The Bertz CT molecular complexity index is 1010. The second-order valence-corrected chi connectivity index (χ2v) is 18.2. The minimum atomic E-state index is -4.62. The molecule has 0 aliphatic rings. The van der Waals surface area contributed by atoms with Crippen LogP contribution in [0.2, 0.25) is 0 Å². The maximum absolute atomic E-state index is 12.7. The molecule has 1 unspecified atom stereocenters. The van der Waals surface area contributed by atoms with Crippen molar-refractivity contribution < 1.29 is 42.1 Å². The highest BCUT2D eigenvalue weighted by Gasteiger charge is 2.21. The van der Waals surface area contributed by atoms with E-state index in [4.69, 9.17) is 18.5 Å². The molecule has 0 rings (SSSR count). The van der Waals surface area contributed by atoms with Crippen molar-refractivity contribution in [3.05, 3.63) is 24.3 Å². The van der Waals surface area contributed by atoms with Gasteiger partial charge in [-0.05, 0) is 44.9 Å². The molecule has 0 bridgehead atoms. The van der Waals surface area contributed by atoms with Crippen molar-refractivity contribution in [3.63, 3.8) is 0 Å². The highest BCUT2D eigenvalue weighted by atomic mass is 31.2. The maximum atomic E-state index is 12.7. The number of carbonyl (C=O) groups excluding carboxylic acids is 2. The monoisotopic (exact) mass is 814 g/mol. The van der Waals surface area contributed by atoms with E-state index in [1.165, 1.54) is 135 Å². The summed E-state index contributed by atoms with van der Waals surface area (Å²) in [5, 5.41) is 0. The largest absolute Gasteiger partial charge is 0.756 e. The molecular weight excluding hydrogens is 725 g/mol. The van der Waals surface area contributed by atoms with Gasteiger partial charge in [-0.3, -0.25) is 14.2 Å². The number of esters is 2. The SMILES string of the molecule is CCCCC/C=C/C/C=C/CCCCCCCCCCCC(=O)OC[C@@H](COP(=O)([O-])OCC[N+](C)(C)C)OC(=O)CCCCCCCCCCCCCCC. The van der Waals surface area contributed by atoms with Crippen molar-refractivity contribution >= 4 is 19.8 Å². The minimum absolute atomic E-state index is 0.0294. The number of rotatable bonds is 42. The highest BCUT2D eigenvalue weighted by molar-refractivity contribution is 7.45. The maximum Gasteiger partial charge on any atom is 0.306 e. The lowest BCUT2D eigenvalue weighted by atomic mass is 10.0. The summed E-state index contributed by atoms with van der Waals surface area (Å²) < 4.78 is 33.9. The lowest BCUT2D eigenvalue weighted by molar-refractivity contribution is -0.870. The van der Waals surface area contributed by atoms with Gasteiger partial charge in [0.2, 0.25) is 0 Å². The van der Waals surface area contributed by atoms with Crippen molar-refractivity contribution in [2.45, 2.75) is 213 Å². The molecule has 0 aliphatic heterocycles. The van der Waals surface area contributed by atoms with Crippen LogP contribution in [-0.4, -0.2) is 70.0 Å². The van der Waals surface area contributed by atoms with Crippen LogP contribution in [0.4, 0.5) is 0 Å². The molecule has 0 aromatic heterocycles. The van der Waals surface area contributed by atoms with Crippen LogP contribution in [0.5, 0.6) is 0 Å². The van der Waals surface area contributed by atoms with E-state index in [2.05, 4.69) is 38.2 Å².